The van der Waals surface area contributed by atoms with Gasteiger partial charge in [-0.25, -0.2) is 4.39 Å². The average molecular weight is 328 g/mol. The largest absolute Gasteiger partial charge is 0.352 e. The summed E-state index contributed by atoms with van der Waals surface area (Å²) in [5, 5.41) is 8.26. The minimum Gasteiger partial charge on any atom is -0.352 e. The second-order valence-corrected chi connectivity index (χ2v) is 5.99. The van der Waals surface area contributed by atoms with Gasteiger partial charge in [-0.2, -0.15) is 5.10 Å². The minimum absolute atomic E-state index is 0.0768. The zero-order valence-electron chi connectivity index (χ0n) is 13.8. The highest BCUT2D eigenvalue weighted by molar-refractivity contribution is 5.76. The molecule has 5 nitrogen and oxygen atoms in total. The Bertz CT molecular complexity index is 696. The molecular formula is C18H21FN4O. The average Bonchev–Trinajstić information content (AvgIpc) is 2.62. The third kappa shape index (κ3) is 3.88. The summed E-state index contributed by atoms with van der Waals surface area (Å²) < 4.78 is 13.6. The molecule has 1 aromatic heterocycles. The van der Waals surface area contributed by atoms with Crippen molar-refractivity contribution >= 4 is 11.7 Å². The first-order valence-electron chi connectivity index (χ1n) is 8.20. The monoisotopic (exact) mass is 328 g/mol. The molecule has 1 saturated heterocycles. The fourth-order valence-corrected chi connectivity index (χ4v) is 2.85. The Morgan fingerprint density at radius 2 is 1.83 bits per heavy atom. The molecule has 1 aromatic carbocycles. The molecule has 0 unspecified atom stereocenters. The summed E-state index contributed by atoms with van der Waals surface area (Å²) in [6.07, 6.45) is 0.778. The topological polar surface area (TPSA) is 49.3 Å². The molecule has 0 N–H and O–H groups in total. The lowest BCUT2D eigenvalue weighted by atomic mass is 10.1. The fourth-order valence-electron chi connectivity index (χ4n) is 2.85. The molecule has 2 heterocycles. The minimum atomic E-state index is -0.243. The predicted molar refractivity (Wildman–Crippen MR) is 90.3 cm³/mol. The fraction of sp³-hybridized carbons (Fsp3) is 0.389. The number of anilines is 1. The number of carbonyl (C=O) groups excluding carboxylic acids is 1. The molecular weight excluding hydrogens is 307 g/mol. The standard InChI is InChI=1S/C18H21FN4O/c1-14-6-8-17(21-20-14)22-10-12-23(13-11-22)18(24)9-7-15-4-2-3-5-16(15)19/h2-6,8H,7,9-13H2,1H3. The number of hydrogen-bond acceptors (Lipinski definition) is 4. The Hall–Kier alpha value is -2.50. The van der Waals surface area contributed by atoms with E-state index in [0.29, 0.717) is 31.5 Å². The van der Waals surface area contributed by atoms with Gasteiger partial charge in [-0.05, 0) is 37.1 Å². The molecule has 6 heteroatoms. The molecule has 2 aromatic rings. The van der Waals surface area contributed by atoms with Crippen LogP contribution in [-0.2, 0) is 11.2 Å². The third-order valence-corrected chi connectivity index (χ3v) is 4.31. The van der Waals surface area contributed by atoms with Crippen molar-refractivity contribution in [2.24, 2.45) is 0 Å². The molecule has 0 aliphatic carbocycles. The van der Waals surface area contributed by atoms with Crippen LogP contribution in [0.3, 0.4) is 0 Å². The van der Waals surface area contributed by atoms with Crippen molar-refractivity contribution in [3.8, 4) is 0 Å². The van der Waals surface area contributed by atoms with Gasteiger partial charge < -0.3 is 9.80 Å². The zero-order chi connectivity index (χ0) is 16.9. The van der Waals surface area contributed by atoms with E-state index in [1.54, 1.807) is 18.2 Å². The van der Waals surface area contributed by atoms with Crippen molar-refractivity contribution in [2.75, 3.05) is 31.1 Å². The molecule has 24 heavy (non-hydrogen) atoms. The maximum atomic E-state index is 13.6. The second kappa shape index (κ2) is 7.38. The Morgan fingerprint density at radius 1 is 1.08 bits per heavy atom. The van der Waals surface area contributed by atoms with Crippen LogP contribution in [0.5, 0.6) is 0 Å². The number of halogens is 1. The van der Waals surface area contributed by atoms with Gasteiger partial charge >= 0.3 is 0 Å². The molecule has 0 atom stereocenters. The Morgan fingerprint density at radius 3 is 2.50 bits per heavy atom. The van der Waals surface area contributed by atoms with Crippen LogP contribution >= 0.6 is 0 Å². The molecule has 0 radical (unpaired) electrons. The van der Waals surface area contributed by atoms with Gasteiger partial charge in [-0.3, -0.25) is 4.79 Å². The number of benzene rings is 1. The van der Waals surface area contributed by atoms with E-state index >= 15 is 0 Å². The predicted octanol–water partition coefficient (Wildman–Crippen LogP) is 2.21. The van der Waals surface area contributed by atoms with E-state index in [4.69, 9.17) is 0 Å². The molecule has 1 fully saturated rings. The first kappa shape index (κ1) is 16.4. The van der Waals surface area contributed by atoms with E-state index in [1.165, 1.54) is 6.07 Å². The van der Waals surface area contributed by atoms with Crippen molar-refractivity contribution in [1.29, 1.82) is 0 Å². The summed E-state index contributed by atoms with van der Waals surface area (Å²) in [6.45, 7) is 4.70. The number of aromatic nitrogens is 2. The highest BCUT2D eigenvalue weighted by Crippen LogP contribution is 2.14. The molecule has 1 aliphatic rings. The summed E-state index contributed by atoms with van der Waals surface area (Å²) in [5.74, 6) is 0.681. The number of piperazine rings is 1. The number of amides is 1. The van der Waals surface area contributed by atoms with E-state index in [9.17, 15) is 9.18 Å². The highest BCUT2D eigenvalue weighted by atomic mass is 19.1. The van der Waals surface area contributed by atoms with E-state index in [0.717, 1.165) is 24.6 Å². The van der Waals surface area contributed by atoms with Crippen LogP contribution in [0, 0.1) is 12.7 Å². The van der Waals surface area contributed by atoms with Crippen molar-refractivity contribution in [2.45, 2.75) is 19.8 Å². The van der Waals surface area contributed by atoms with Crippen LogP contribution in [0.25, 0.3) is 0 Å². The first-order valence-corrected chi connectivity index (χ1v) is 8.20. The number of rotatable bonds is 4. The van der Waals surface area contributed by atoms with Gasteiger partial charge in [0.2, 0.25) is 5.91 Å². The van der Waals surface area contributed by atoms with Gasteiger partial charge in [-0.15, -0.1) is 5.10 Å². The highest BCUT2D eigenvalue weighted by Gasteiger charge is 2.22. The second-order valence-electron chi connectivity index (χ2n) is 5.99. The van der Waals surface area contributed by atoms with E-state index in [1.807, 2.05) is 24.0 Å². The van der Waals surface area contributed by atoms with E-state index < -0.39 is 0 Å². The van der Waals surface area contributed by atoms with Crippen molar-refractivity contribution in [3.05, 3.63) is 53.5 Å². The van der Waals surface area contributed by atoms with Crippen molar-refractivity contribution < 1.29 is 9.18 Å². The van der Waals surface area contributed by atoms with Crippen LogP contribution in [-0.4, -0.2) is 47.2 Å². The molecule has 0 saturated carbocycles. The van der Waals surface area contributed by atoms with Crippen LogP contribution in [0.2, 0.25) is 0 Å². The van der Waals surface area contributed by atoms with Gasteiger partial charge in [0.15, 0.2) is 5.82 Å². The SMILES string of the molecule is Cc1ccc(N2CCN(C(=O)CCc3ccccc3F)CC2)nn1. The van der Waals surface area contributed by atoms with Crippen LogP contribution in [0.4, 0.5) is 10.2 Å². The maximum absolute atomic E-state index is 13.6. The van der Waals surface area contributed by atoms with Gasteiger partial charge in [-0.1, -0.05) is 18.2 Å². The molecule has 126 valence electrons. The van der Waals surface area contributed by atoms with Crippen LogP contribution in [0.15, 0.2) is 36.4 Å². The summed E-state index contributed by atoms with van der Waals surface area (Å²) in [6, 6.07) is 10.5. The molecule has 1 aliphatic heterocycles. The maximum Gasteiger partial charge on any atom is 0.223 e. The number of carbonyl (C=O) groups is 1. The Balaban J connectivity index is 1.50. The molecule has 0 spiro atoms. The number of nitrogens with zero attached hydrogens (tertiary/aromatic N) is 4. The lowest BCUT2D eigenvalue weighted by Crippen LogP contribution is -2.49. The number of hydrogen-bond donors (Lipinski definition) is 0. The number of aryl methyl sites for hydroxylation is 2. The zero-order valence-corrected chi connectivity index (χ0v) is 13.8. The quantitative estimate of drug-likeness (QED) is 0.863. The van der Waals surface area contributed by atoms with Crippen LogP contribution in [0.1, 0.15) is 17.7 Å². The van der Waals surface area contributed by atoms with Crippen LogP contribution < -0.4 is 4.90 Å². The van der Waals surface area contributed by atoms with E-state index in [-0.39, 0.29) is 11.7 Å². The van der Waals surface area contributed by atoms with Crippen molar-refractivity contribution in [3.63, 3.8) is 0 Å². The first-order chi connectivity index (χ1) is 11.6. The van der Waals surface area contributed by atoms with Gasteiger partial charge in [0.25, 0.3) is 0 Å². The lowest BCUT2D eigenvalue weighted by Gasteiger charge is -2.35. The van der Waals surface area contributed by atoms with Gasteiger partial charge in [0.05, 0.1) is 5.69 Å². The van der Waals surface area contributed by atoms with Gasteiger partial charge in [0.1, 0.15) is 5.82 Å². The summed E-state index contributed by atoms with van der Waals surface area (Å²) in [4.78, 5) is 16.3. The molecule has 3 rings (SSSR count). The van der Waals surface area contributed by atoms with Crippen molar-refractivity contribution in [1.82, 2.24) is 15.1 Å². The van der Waals surface area contributed by atoms with Gasteiger partial charge in [0, 0.05) is 32.6 Å². The summed E-state index contributed by atoms with van der Waals surface area (Å²) in [5.41, 5.74) is 1.49. The summed E-state index contributed by atoms with van der Waals surface area (Å²) in [7, 11) is 0. The Labute approximate surface area is 141 Å². The smallest absolute Gasteiger partial charge is 0.223 e. The molecule has 0 bridgehead atoms. The normalized spacial score (nSPS) is 14.8. The summed E-state index contributed by atoms with van der Waals surface area (Å²) >= 11 is 0. The molecule has 1 amide bonds. The van der Waals surface area contributed by atoms with E-state index in [2.05, 4.69) is 15.1 Å². The lowest BCUT2D eigenvalue weighted by molar-refractivity contribution is -0.131. The third-order valence-electron chi connectivity index (χ3n) is 4.31. The Kier molecular flexibility index (Phi) is 5.03.